The predicted molar refractivity (Wildman–Crippen MR) is 66.5 cm³/mol. The number of benzene rings is 2. The van der Waals surface area contributed by atoms with E-state index in [-0.39, 0.29) is 0 Å². The number of rotatable bonds is 2. The zero-order chi connectivity index (χ0) is 13.3. The van der Waals surface area contributed by atoms with Crippen molar-refractivity contribution >= 4 is 5.57 Å². The highest BCUT2D eigenvalue weighted by molar-refractivity contribution is 5.68. The second-order valence-electron chi connectivity index (χ2n) is 4.11. The first-order chi connectivity index (χ1) is 8.49. The molecule has 0 atom stereocenters. The molecular formula is C15H11F3. The summed E-state index contributed by atoms with van der Waals surface area (Å²) in [5, 5.41) is 0. The molecule has 0 heterocycles. The molecule has 3 heteroatoms. The van der Waals surface area contributed by atoms with Crippen LogP contribution in [0.4, 0.5) is 13.2 Å². The van der Waals surface area contributed by atoms with Crippen molar-refractivity contribution in [2.45, 2.75) is 6.92 Å². The first-order valence-corrected chi connectivity index (χ1v) is 5.40. The van der Waals surface area contributed by atoms with Crippen molar-refractivity contribution in [3.63, 3.8) is 0 Å². The quantitative estimate of drug-likeness (QED) is 0.669. The van der Waals surface area contributed by atoms with Gasteiger partial charge in [-0.25, -0.2) is 13.2 Å². The van der Waals surface area contributed by atoms with Gasteiger partial charge < -0.3 is 0 Å². The van der Waals surface area contributed by atoms with E-state index in [2.05, 4.69) is 6.58 Å². The second kappa shape index (κ2) is 4.69. The lowest BCUT2D eigenvalue weighted by atomic mass is 10.0. The summed E-state index contributed by atoms with van der Waals surface area (Å²) in [5.74, 6) is -3.82. The minimum absolute atomic E-state index is 0.305. The van der Waals surface area contributed by atoms with Crippen molar-refractivity contribution in [3.05, 3.63) is 66.0 Å². The normalized spacial score (nSPS) is 10.4. The SMILES string of the molecule is C=C(C)c1ccc(-c2cc(F)c(F)c(F)c2)cc1. The van der Waals surface area contributed by atoms with Gasteiger partial charge in [-0.1, -0.05) is 36.4 Å². The molecule has 0 aliphatic carbocycles. The van der Waals surface area contributed by atoms with Crippen molar-refractivity contribution in [3.8, 4) is 11.1 Å². The molecule has 0 aliphatic rings. The number of halogens is 3. The number of allylic oxidation sites excluding steroid dienone is 1. The van der Waals surface area contributed by atoms with E-state index in [9.17, 15) is 13.2 Å². The predicted octanol–water partition coefficient (Wildman–Crippen LogP) is 4.80. The molecule has 0 amide bonds. The molecule has 0 fully saturated rings. The topological polar surface area (TPSA) is 0 Å². The lowest BCUT2D eigenvalue weighted by Gasteiger charge is -2.05. The molecule has 2 aromatic rings. The van der Waals surface area contributed by atoms with Gasteiger partial charge in [0.15, 0.2) is 17.5 Å². The molecule has 0 unspecified atom stereocenters. The summed E-state index contributed by atoms with van der Waals surface area (Å²) in [6, 6.07) is 9.00. The van der Waals surface area contributed by atoms with Gasteiger partial charge in [-0.05, 0) is 35.7 Å². The summed E-state index contributed by atoms with van der Waals surface area (Å²) in [4.78, 5) is 0. The van der Waals surface area contributed by atoms with Crippen LogP contribution >= 0.6 is 0 Å². The monoisotopic (exact) mass is 248 g/mol. The van der Waals surface area contributed by atoms with Crippen LogP contribution in [0.3, 0.4) is 0 Å². The zero-order valence-corrected chi connectivity index (χ0v) is 9.81. The maximum atomic E-state index is 13.1. The standard InChI is InChI=1S/C15H11F3/c1-9(2)10-3-5-11(6-4-10)12-7-13(16)15(18)14(17)8-12/h3-8H,1H2,2H3. The molecule has 0 saturated carbocycles. The van der Waals surface area contributed by atoms with Crippen molar-refractivity contribution in [1.82, 2.24) is 0 Å². The Bertz CT molecular complexity index is 575. The molecule has 18 heavy (non-hydrogen) atoms. The molecule has 92 valence electrons. The Morgan fingerprint density at radius 2 is 1.39 bits per heavy atom. The van der Waals surface area contributed by atoms with Gasteiger partial charge in [0.25, 0.3) is 0 Å². The molecule has 0 N–H and O–H groups in total. The maximum absolute atomic E-state index is 13.1. The van der Waals surface area contributed by atoms with E-state index < -0.39 is 17.5 Å². The highest BCUT2D eigenvalue weighted by atomic mass is 19.2. The van der Waals surface area contributed by atoms with E-state index >= 15 is 0 Å². The molecule has 2 rings (SSSR count). The molecule has 0 aromatic heterocycles. The van der Waals surface area contributed by atoms with E-state index in [1.54, 1.807) is 24.3 Å². The molecular weight excluding hydrogens is 237 g/mol. The van der Waals surface area contributed by atoms with Crippen LogP contribution in [0.5, 0.6) is 0 Å². The first kappa shape index (κ1) is 12.4. The maximum Gasteiger partial charge on any atom is 0.194 e. The van der Waals surface area contributed by atoms with Crippen LogP contribution in [0.2, 0.25) is 0 Å². The van der Waals surface area contributed by atoms with Gasteiger partial charge >= 0.3 is 0 Å². The Balaban J connectivity index is 2.46. The van der Waals surface area contributed by atoms with Crippen LogP contribution in [0.15, 0.2) is 43.0 Å². The van der Waals surface area contributed by atoms with Gasteiger partial charge in [0.1, 0.15) is 0 Å². The van der Waals surface area contributed by atoms with Crippen molar-refractivity contribution in [1.29, 1.82) is 0 Å². The van der Waals surface area contributed by atoms with Crippen LogP contribution in [0, 0.1) is 17.5 Å². The largest absolute Gasteiger partial charge is 0.204 e. The van der Waals surface area contributed by atoms with Crippen LogP contribution < -0.4 is 0 Å². The van der Waals surface area contributed by atoms with Crippen LogP contribution in [-0.2, 0) is 0 Å². The van der Waals surface area contributed by atoms with Crippen LogP contribution in [0.1, 0.15) is 12.5 Å². The average Bonchev–Trinajstić information content (AvgIpc) is 2.35. The highest BCUT2D eigenvalue weighted by Gasteiger charge is 2.11. The molecule has 0 bridgehead atoms. The van der Waals surface area contributed by atoms with Crippen molar-refractivity contribution in [2.24, 2.45) is 0 Å². The first-order valence-electron chi connectivity index (χ1n) is 5.40. The van der Waals surface area contributed by atoms with Crippen LogP contribution in [-0.4, -0.2) is 0 Å². The van der Waals surface area contributed by atoms with Crippen molar-refractivity contribution in [2.75, 3.05) is 0 Å². The zero-order valence-electron chi connectivity index (χ0n) is 9.81. The molecule has 0 radical (unpaired) electrons. The number of hydrogen-bond acceptors (Lipinski definition) is 0. The fraction of sp³-hybridized carbons (Fsp3) is 0.0667. The van der Waals surface area contributed by atoms with Gasteiger partial charge in [0.2, 0.25) is 0 Å². The third-order valence-electron chi connectivity index (χ3n) is 2.69. The molecule has 0 nitrogen and oxygen atoms in total. The summed E-state index contributed by atoms with van der Waals surface area (Å²) in [6.07, 6.45) is 0. The molecule has 0 aliphatic heterocycles. The Kier molecular flexibility index (Phi) is 3.24. The Morgan fingerprint density at radius 3 is 1.83 bits per heavy atom. The molecule has 2 aromatic carbocycles. The van der Waals surface area contributed by atoms with Gasteiger partial charge in [0, 0.05) is 0 Å². The van der Waals surface area contributed by atoms with E-state index in [4.69, 9.17) is 0 Å². The minimum Gasteiger partial charge on any atom is -0.204 e. The Hall–Kier alpha value is -2.03. The second-order valence-corrected chi connectivity index (χ2v) is 4.11. The lowest BCUT2D eigenvalue weighted by Crippen LogP contribution is -1.91. The van der Waals surface area contributed by atoms with Crippen molar-refractivity contribution < 1.29 is 13.2 Å². The summed E-state index contributed by atoms with van der Waals surface area (Å²) in [5.41, 5.74) is 2.78. The smallest absolute Gasteiger partial charge is 0.194 e. The number of hydrogen-bond donors (Lipinski definition) is 0. The summed E-state index contributed by atoms with van der Waals surface area (Å²) in [7, 11) is 0. The van der Waals surface area contributed by atoms with Gasteiger partial charge in [-0.15, -0.1) is 0 Å². The third kappa shape index (κ3) is 2.30. The Morgan fingerprint density at radius 1 is 0.889 bits per heavy atom. The van der Waals surface area contributed by atoms with E-state index in [0.29, 0.717) is 11.1 Å². The summed E-state index contributed by atoms with van der Waals surface area (Å²) in [6.45, 7) is 5.67. The fourth-order valence-electron chi connectivity index (χ4n) is 1.67. The van der Waals surface area contributed by atoms with E-state index in [1.165, 1.54) is 0 Å². The van der Waals surface area contributed by atoms with Crippen LogP contribution in [0.25, 0.3) is 16.7 Å². The lowest BCUT2D eigenvalue weighted by molar-refractivity contribution is 0.448. The van der Waals surface area contributed by atoms with Gasteiger partial charge in [-0.3, -0.25) is 0 Å². The van der Waals surface area contributed by atoms with E-state index in [1.807, 2.05) is 6.92 Å². The van der Waals surface area contributed by atoms with Gasteiger partial charge in [-0.2, -0.15) is 0 Å². The van der Waals surface area contributed by atoms with Gasteiger partial charge in [0.05, 0.1) is 0 Å². The summed E-state index contributed by atoms with van der Waals surface area (Å²) < 4.78 is 39.0. The average molecular weight is 248 g/mol. The third-order valence-corrected chi connectivity index (χ3v) is 2.69. The van der Waals surface area contributed by atoms with E-state index in [0.717, 1.165) is 23.3 Å². The Labute approximate surface area is 103 Å². The highest BCUT2D eigenvalue weighted by Crippen LogP contribution is 2.25. The summed E-state index contributed by atoms with van der Waals surface area (Å²) >= 11 is 0. The fourth-order valence-corrected chi connectivity index (χ4v) is 1.67. The molecule has 0 saturated heterocycles. The molecule has 0 spiro atoms. The minimum atomic E-state index is -1.45.